The van der Waals surface area contributed by atoms with Gasteiger partial charge in [0.15, 0.2) is 17.6 Å². The Bertz CT molecular complexity index is 965. The second-order valence-electron chi connectivity index (χ2n) is 6.56. The van der Waals surface area contributed by atoms with Gasteiger partial charge in [-0.1, -0.05) is 17.7 Å². The first-order valence-corrected chi connectivity index (χ1v) is 9.81. The molecule has 0 saturated heterocycles. The number of aromatic nitrogens is 1. The first-order valence-electron chi connectivity index (χ1n) is 9.43. The first-order chi connectivity index (χ1) is 14.5. The molecule has 2 aromatic carbocycles. The van der Waals surface area contributed by atoms with Crippen molar-refractivity contribution < 1.29 is 19.0 Å². The molecule has 156 valence electrons. The second-order valence-corrected chi connectivity index (χ2v) is 7.00. The lowest BCUT2D eigenvalue weighted by Crippen LogP contribution is -2.35. The molecule has 1 amide bonds. The number of benzene rings is 2. The fourth-order valence-corrected chi connectivity index (χ4v) is 2.81. The van der Waals surface area contributed by atoms with Crippen molar-refractivity contribution in [3.05, 3.63) is 83.1 Å². The van der Waals surface area contributed by atoms with Gasteiger partial charge in [-0.25, -0.2) is 0 Å². The van der Waals surface area contributed by atoms with Gasteiger partial charge in [0, 0.05) is 24.0 Å². The molecule has 1 aromatic heterocycles. The summed E-state index contributed by atoms with van der Waals surface area (Å²) >= 11 is 5.86. The molecule has 6 nitrogen and oxygen atoms in total. The highest BCUT2D eigenvalue weighted by Gasteiger charge is 2.15. The number of ether oxygens (including phenoxy) is 3. The molecule has 0 bridgehead atoms. The summed E-state index contributed by atoms with van der Waals surface area (Å²) in [6, 6.07) is 16.2. The second kappa shape index (κ2) is 10.5. The number of hydrogen-bond acceptors (Lipinski definition) is 5. The molecule has 0 fully saturated rings. The van der Waals surface area contributed by atoms with Crippen LogP contribution in [0.1, 0.15) is 18.1 Å². The van der Waals surface area contributed by atoms with Crippen molar-refractivity contribution >= 4 is 17.5 Å². The van der Waals surface area contributed by atoms with E-state index in [9.17, 15) is 4.79 Å². The molecule has 1 unspecified atom stereocenters. The van der Waals surface area contributed by atoms with Gasteiger partial charge in [0.1, 0.15) is 12.4 Å². The molecule has 30 heavy (non-hydrogen) atoms. The standard InChI is InChI=1S/C23H23ClN2O4/c1-16(30-20-6-4-19(24)5-7-20)23(27)26-14-18-3-8-21(22(13-18)28-2)29-15-17-9-11-25-12-10-17/h3-13,16H,14-15H2,1-2H3,(H,26,27). The Morgan fingerprint density at radius 3 is 2.47 bits per heavy atom. The lowest BCUT2D eigenvalue weighted by atomic mass is 10.2. The Labute approximate surface area is 180 Å². The number of rotatable bonds is 9. The number of pyridine rings is 1. The van der Waals surface area contributed by atoms with Crippen LogP contribution in [0.3, 0.4) is 0 Å². The molecule has 0 aliphatic heterocycles. The number of methoxy groups -OCH3 is 1. The molecular formula is C23H23ClN2O4. The Morgan fingerprint density at radius 1 is 1.03 bits per heavy atom. The number of amides is 1. The topological polar surface area (TPSA) is 69.7 Å². The summed E-state index contributed by atoms with van der Waals surface area (Å²) in [5.74, 6) is 1.59. The van der Waals surface area contributed by atoms with Gasteiger partial charge in [-0.15, -0.1) is 0 Å². The van der Waals surface area contributed by atoms with Crippen LogP contribution in [0.2, 0.25) is 5.02 Å². The van der Waals surface area contributed by atoms with Crippen molar-refractivity contribution in [2.75, 3.05) is 7.11 Å². The molecule has 1 N–H and O–H groups in total. The summed E-state index contributed by atoms with van der Waals surface area (Å²) in [5, 5.41) is 3.48. The Balaban J connectivity index is 1.54. The zero-order chi connectivity index (χ0) is 21.3. The predicted octanol–water partition coefficient (Wildman–Crippen LogP) is 4.41. The normalized spacial score (nSPS) is 11.4. The summed E-state index contributed by atoms with van der Waals surface area (Å²) in [5.41, 5.74) is 1.90. The van der Waals surface area contributed by atoms with Crippen LogP contribution >= 0.6 is 11.6 Å². The van der Waals surface area contributed by atoms with Crippen molar-refractivity contribution in [2.24, 2.45) is 0 Å². The van der Waals surface area contributed by atoms with Gasteiger partial charge in [-0.2, -0.15) is 0 Å². The van der Waals surface area contributed by atoms with Crippen molar-refractivity contribution in [2.45, 2.75) is 26.2 Å². The molecule has 0 aliphatic carbocycles. The third-order valence-electron chi connectivity index (χ3n) is 4.33. The molecule has 3 aromatic rings. The first kappa shape index (κ1) is 21.5. The molecular weight excluding hydrogens is 404 g/mol. The SMILES string of the molecule is COc1cc(CNC(=O)C(C)Oc2ccc(Cl)cc2)ccc1OCc1ccncc1. The van der Waals surface area contributed by atoms with Gasteiger partial charge < -0.3 is 19.5 Å². The van der Waals surface area contributed by atoms with Gasteiger partial charge in [0.05, 0.1) is 7.11 Å². The fourth-order valence-electron chi connectivity index (χ4n) is 2.69. The van der Waals surface area contributed by atoms with E-state index in [1.54, 1.807) is 50.7 Å². The molecule has 3 rings (SSSR count). The van der Waals surface area contributed by atoms with Crippen LogP contribution in [-0.4, -0.2) is 24.1 Å². The molecule has 0 radical (unpaired) electrons. The zero-order valence-corrected chi connectivity index (χ0v) is 17.6. The minimum absolute atomic E-state index is 0.220. The number of nitrogens with one attached hydrogen (secondary N) is 1. The van der Waals surface area contributed by atoms with Crippen molar-refractivity contribution in [1.82, 2.24) is 10.3 Å². The number of nitrogens with zero attached hydrogens (tertiary/aromatic N) is 1. The highest BCUT2D eigenvalue weighted by Crippen LogP contribution is 2.29. The largest absolute Gasteiger partial charge is 0.493 e. The highest BCUT2D eigenvalue weighted by atomic mass is 35.5. The Kier molecular flexibility index (Phi) is 7.51. The fraction of sp³-hybridized carbons (Fsp3) is 0.217. The van der Waals surface area contributed by atoms with Crippen molar-refractivity contribution in [3.63, 3.8) is 0 Å². The van der Waals surface area contributed by atoms with Crippen molar-refractivity contribution in [3.8, 4) is 17.2 Å². The molecule has 0 saturated carbocycles. The lowest BCUT2D eigenvalue weighted by molar-refractivity contribution is -0.127. The third kappa shape index (κ3) is 6.12. The van der Waals surface area contributed by atoms with Crippen LogP contribution < -0.4 is 19.5 Å². The van der Waals surface area contributed by atoms with E-state index < -0.39 is 6.10 Å². The monoisotopic (exact) mass is 426 g/mol. The lowest BCUT2D eigenvalue weighted by Gasteiger charge is -2.16. The quantitative estimate of drug-likeness (QED) is 0.549. The number of halogens is 1. The average molecular weight is 427 g/mol. The van der Waals surface area contributed by atoms with Crippen LogP contribution in [0.5, 0.6) is 17.2 Å². The summed E-state index contributed by atoms with van der Waals surface area (Å²) in [4.78, 5) is 16.3. The Hall–Kier alpha value is -3.25. The predicted molar refractivity (Wildman–Crippen MR) is 115 cm³/mol. The third-order valence-corrected chi connectivity index (χ3v) is 4.59. The molecule has 0 aliphatic rings. The average Bonchev–Trinajstić information content (AvgIpc) is 2.78. The summed E-state index contributed by atoms with van der Waals surface area (Å²) in [7, 11) is 1.58. The summed E-state index contributed by atoms with van der Waals surface area (Å²) in [6.07, 6.45) is 2.80. The number of carbonyl (C=O) groups is 1. The van der Waals surface area contributed by atoms with Crippen LogP contribution in [0.15, 0.2) is 67.0 Å². The minimum Gasteiger partial charge on any atom is -0.493 e. The van der Waals surface area contributed by atoms with E-state index in [1.807, 2.05) is 30.3 Å². The maximum Gasteiger partial charge on any atom is 0.261 e. The molecule has 7 heteroatoms. The summed E-state index contributed by atoms with van der Waals surface area (Å²) in [6.45, 7) is 2.45. The summed E-state index contributed by atoms with van der Waals surface area (Å²) < 4.78 is 16.9. The van der Waals surface area contributed by atoms with Gasteiger partial charge in [0.25, 0.3) is 5.91 Å². The van der Waals surface area contributed by atoms with E-state index in [-0.39, 0.29) is 5.91 Å². The smallest absolute Gasteiger partial charge is 0.261 e. The van der Waals surface area contributed by atoms with Crippen LogP contribution in [0.4, 0.5) is 0 Å². The van der Waals surface area contributed by atoms with Crippen LogP contribution in [0, 0.1) is 0 Å². The maximum absolute atomic E-state index is 12.3. The van der Waals surface area contributed by atoms with Crippen molar-refractivity contribution in [1.29, 1.82) is 0 Å². The maximum atomic E-state index is 12.3. The van der Waals surface area contributed by atoms with E-state index in [2.05, 4.69) is 10.3 Å². The Morgan fingerprint density at radius 2 is 1.77 bits per heavy atom. The number of carbonyl (C=O) groups excluding carboxylic acids is 1. The van der Waals surface area contributed by atoms with E-state index in [1.165, 1.54) is 0 Å². The molecule has 1 heterocycles. The molecule has 0 spiro atoms. The molecule has 1 atom stereocenters. The van der Waals surface area contributed by atoms with E-state index in [0.29, 0.717) is 35.4 Å². The van der Waals surface area contributed by atoms with Gasteiger partial charge in [-0.3, -0.25) is 9.78 Å². The van der Waals surface area contributed by atoms with Gasteiger partial charge in [0.2, 0.25) is 0 Å². The minimum atomic E-state index is -0.643. The van der Waals surface area contributed by atoms with E-state index >= 15 is 0 Å². The van der Waals surface area contributed by atoms with E-state index in [0.717, 1.165) is 11.1 Å². The van der Waals surface area contributed by atoms with Crippen LogP contribution in [0.25, 0.3) is 0 Å². The van der Waals surface area contributed by atoms with Gasteiger partial charge in [-0.05, 0) is 66.6 Å². The number of hydrogen-bond donors (Lipinski definition) is 1. The highest BCUT2D eigenvalue weighted by molar-refractivity contribution is 6.30. The van der Waals surface area contributed by atoms with Crippen LogP contribution in [-0.2, 0) is 17.9 Å². The van der Waals surface area contributed by atoms with Gasteiger partial charge >= 0.3 is 0 Å². The zero-order valence-electron chi connectivity index (χ0n) is 16.8. The van der Waals surface area contributed by atoms with E-state index in [4.69, 9.17) is 25.8 Å².